The molecule has 128 valence electrons. The maximum Gasteiger partial charge on any atom is 0.416 e. The molecule has 0 saturated carbocycles. The largest absolute Gasteiger partial charge is 0.507 e. The number of para-hydroxylation sites is 1. The average molecular weight is 348 g/mol. The summed E-state index contributed by atoms with van der Waals surface area (Å²) in [7, 11) is 0. The van der Waals surface area contributed by atoms with Crippen molar-refractivity contribution >= 4 is 0 Å². The summed E-state index contributed by atoms with van der Waals surface area (Å²) >= 11 is 0. The topological polar surface area (TPSA) is 83.9 Å². The molecule has 1 aliphatic heterocycles. The van der Waals surface area contributed by atoms with Gasteiger partial charge in [0, 0.05) is 12.0 Å². The second kappa shape index (κ2) is 5.47. The minimum atomic E-state index is -4.41. The molecule has 0 aliphatic carbocycles. The van der Waals surface area contributed by atoms with E-state index >= 15 is 0 Å². The number of hydrogen-bond acceptors (Lipinski definition) is 5. The summed E-state index contributed by atoms with van der Waals surface area (Å²) in [5.41, 5.74) is 0.540. The molecule has 0 radical (unpaired) electrons. The Morgan fingerprint density at radius 3 is 2.76 bits per heavy atom. The van der Waals surface area contributed by atoms with Crippen LogP contribution in [0.25, 0.3) is 11.4 Å². The molecule has 2 aromatic carbocycles. The maximum atomic E-state index is 12.8. The zero-order valence-corrected chi connectivity index (χ0v) is 12.6. The van der Waals surface area contributed by atoms with Crippen molar-refractivity contribution in [2.24, 2.45) is 0 Å². The Labute approximate surface area is 139 Å². The van der Waals surface area contributed by atoms with Crippen molar-refractivity contribution < 1.29 is 23.0 Å². The summed E-state index contributed by atoms with van der Waals surface area (Å²) in [6.07, 6.45) is -4.78. The van der Waals surface area contributed by atoms with Gasteiger partial charge in [0.1, 0.15) is 17.6 Å². The summed E-state index contributed by atoms with van der Waals surface area (Å²) in [6.45, 7) is 0. The third-order valence-corrected chi connectivity index (χ3v) is 4.06. The molecule has 25 heavy (non-hydrogen) atoms. The first-order valence-electron chi connectivity index (χ1n) is 7.36. The number of aromatic hydroxyl groups is 1. The van der Waals surface area contributed by atoms with Crippen LogP contribution in [0.15, 0.2) is 36.4 Å². The van der Waals surface area contributed by atoms with E-state index in [1.807, 2.05) is 0 Å². The maximum absolute atomic E-state index is 12.8. The Hall–Kier alpha value is -3.10. The molecule has 1 unspecified atom stereocenters. The van der Waals surface area contributed by atoms with E-state index in [4.69, 9.17) is 4.74 Å². The fourth-order valence-corrected chi connectivity index (χ4v) is 2.88. The molecule has 3 aromatic rings. The molecule has 0 amide bonds. The first kappa shape index (κ1) is 15.4. The number of fused-ring (bicyclic) bond motifs is 1. The number of nitrogens with one attached hydrogen (secondary N) is 1. The number of aromatic amines is 1. The van der Waals surface area contributed by atoms with Gasteiger partial charge in [0.2, 0.25) is 5.82 Å². The van der Waals surface area contributed by atoms with E-state index < -0.39 is 17.8 Å². The van der Waals surface area contributed by atoms with Crippen LogP contribution in [-0.4, -0.2) is 25.7 Å². The van der Waals surface area contributed by atoms with Gasteiger partial charge in [0.05, 0.1) is 11.1 Å². The lowest BCUT2D eigenvalue weighted by Crippen LogP contribution is -2.05. The van der Waals surface area contributed by atoms with Gasteiger partial charge in [0.25, 0.3) is 0 Å². The average Bonchev–Trinajstić information content (AvgIpc) is 3.23. The number of halogens is 3. The van der Waals surface area contributed by atoms with Crippen molar-refractivity contribution in [1.29, 1.82) is 0 Å². The van der Waals surface area contributed by atoms with E-state index in [2.05, 4.69) is 20.6 Å². The van der Waals surface area contributed by atoms with Crippen molar-refractivity contribution in [2.75, 3.05) is 0 Å². The molecule has 1 atom stereocenters. The normalized spacial score (nSPS) is 16.5. The second-order valence-corrected chi connectivity index (χ2v) is 5.61. The fraction of sp³-hybridized carbons (Fsp3) is 0.188. The second-order valence-electron chi connectivity index (χ2n) is 5.61. The molecule has 1 aliphatic rings. The number of benzene rings is 2. The molecule has 2 N–H and O–H groups in total. The van der Waals surface area contributed by atoms with Crippen LogP contribution in [0.2, 0.25) is 0 Å². The summed E-state index contributed by atoms with van der Waals surface area (Å²) in [5.74, 6) is 0.509. The highest BCUT2D eigenvalue weighted by Gasteiger charge is 2.34. The molecule has 1 aromatic heterocycles. The van der Waals surface area contributed by atoms with E-state index in [1.54, 1.807) is 18.2 Å². The van der Waals surface area contributed by atoms with Crippen LogP contribution in [0, 0.1) is 0 Å². The smallest absolute Gasteiger partial charge is 0.416 e. The molecule has 0 bridgehead atoms. The van der Waals surface area contributed by atoms with Gasteiger partial charge in [-0.3, -0.25) is 0 Å². The van der Waals surface area contributed by atoms with E-state index in [-0.39, 0.29) is 18.0 Å². The highest BCUT2D eigenvalue weighted by atomic mass is 19.4. The first-order chi connectivity index (χ1) is 11.9. The van der Waals surface area contributed by atoms with Crippen molar-refractivity contribution in [3.63, 3.8) is 0 Å². The summed E-state index contributed by atoms with van der Waals surface area (Å²) < 4.78 is 44.3. The van der Waals surface area contributed by atoms with Crippen molar-refractivity contribution in [3.05, 3.63) is 53.1 Å². The van der Waals surface area contributed by atoms with Gasteiger partial charge in [-0.15, -0.1) is 10.2 Å². The number of aromatic nitrogens is 4. The first-order valence-corrected chi connectivity index (χ1v) is 7.36. The van der Waals surface area contributed by atoms with Gasteiger partial charge in [-0.2, -0.15) is 18.4 Å². The number of phenols is 1. The third-order valence-electron chi connectivity index (χ3n) is 4.06. The van der Waals surface area contributed by atoms with Crippen LogP contribution < -0.4 is 4.74 Å². The van der Waals surface area contributed by atoms with Gasteiger partial charge >= 0.3 is 6.18 Å². The molecular weight excluding hydrogens is 337 g/mol. The highest BCUT2D eigenvalue weighted by Crippen LogP contribution is 2.43. The van der Waals surface area contributed by atoms with Crippen LogP contribution >= 0.6 is 0 Å². The number of rotatable bonds is 2. The minimum absolute atomic E-state index is 0.0854. The quantitative estimate of drug-likeness (QED) is 0.743. The van der Waals surface area contributed by atoms with E-state index in [0.717, 1.165) is 12.1 Å². The molecule has 0 spiro atoms. The Kier molecular flexibility index (Phi) is 3.38. The van der Waals surface area contributed by atoms with Crippen LogP contribution in [0.1, 0.15) is 22.8 Å². The molecule has 0 fully saturated rings. The molecule has 4 rings (SSSR count). The van der Waals surface area contributed by atoms with Gasteiger partial charge in [-0.05, 0) is 35.0 Å². The SMILES string of the molecule is Oc1c(-c2nn[nH]n2)cccc1C1Cc2cc(C(F)(F)F)ccc2O1. The predicted octanol–water partition coefficient (Wildman–Crippen LogP) is 3.27. The number of phenolic OH excluding ortho intramolecular Hbond substituents is 1. The van der Waals surface area contributed by atoms with E-state index in [0.29, 0.717) is 22.4 Å². The number of alkyl halides is 3. The lowest BCUT2D eigenvalue weighted by molar-refractivity contribution is -0.137. The zero-order chi connectivity index (χ0) is 17.6. The molecule has 6 nitrogen and oxygen atoms in total. The summed E-state index contributed by atoms with van der Waals surface area (Å²) in [5, 5.41) is 23.9. The lowest BCUT2D eigenvalue weighted by atomic mass is 9.99. The highest BCUT2D eigenvalue weighted by molar-refractivity contribution is 5.66. The Bertz CT molecular complexity index is 926. The summed E-state index contributed by atoms with van der Waals surface area (Å²) in [4.78, 5) is 0. The standard InChI is InChI=1S/C16H11F3N4O2/c17-16(18,19)9-4-5-12-8(6-9)7-13(25-12)10-2-1-3-11(14(10)24)15-20-22-23-21-15/h1-6,13,24H,7H2,(H,20,21,22,23). The minimum Gasteiger partial charge on any atom is -0.507 e. The van der Waals surface area contributed by atoms with Gasteiger partial charge < -0.3 is 9.84 Å². The third kappa shape index (κ3) is 2.67. The Balaban J connectivity index is 1.67. The van der Waals surface area contributed by atoms with Crippen molar-refractivity contribution in [2.45, 2.75) is 18.7 Å². The molecule has 9 heteroatoms. The van der Waals surface area contributed by atoms with Crippen LogP contribution in [-0.2, 0) is 12.6 Å². The number of H-pyrrole nitrogens is 1. The van der Waals surface area contributed by atoms with E-state index in [9.17, 15) is 18.3 Å². The zero-order valence-electron chi connectivity index (χ0n) is 12.6. The van der Waals surface area contributed by atoms with Crippen LogP contribution in [0.5, 0.6) is 11.5 Å². The fourth-order valence-electron chi connectivity index (χ4n) is 2.88. The predicted molar refractivity (Wildman–Crippen MR) is 79.8 cm³/mol. The summed E-state index contributed by atoms with van der Waals surface area (Å²) in [6, 6.07) is 8.33. The number of tetrazole rings is 1. The monoisotopic (exact) mass is 348 g/mol. The van der Waals surface area contributed by atoms with Crippen LogP contribution in [0.3, 0.4) is 0 Å². The van der Waals surface area contributed by atoms with Gasteiger partial charge in [-0.25, -0.2) is 0 Å². The molecular formula is C16H11F3N4O2. The van der Waals surface area contributed by atoms with E-state index in [1.165, 1.54) is 6.07 Å². The van der Waals surface area contributed by atoms with Crippen LogP contribution in [0.4, 0.5) is 13.2 Å². The molecule has 2 heterocycles. The van der Waals surface area contributed by atoms with Crippen molar-refractivity contribution in [3.8, 4) is 22.9 Å². The number of hydrogen-bond donors (Lipinski definition) is 2. The number of ether oxygens (including phenoxy) is 1. The van der Waals surface area contributed by atoms with Gasteiger partial charge in [-0.1, -0.05) is 12.1 Å². The lowest BCUT2D eigenvalue weighted by Gasteiger charge is -2.14. The van der Waals surface area contributed by atoms with Gasteiger partial charge in [0.15, 0.2) is 0 Å². The molecule has 0 saturated heterocycles. The Morgan fingerprint density at radius 1 is 1.20 bits per heavy atom. The van der Waals surface area contributed by atoms with Crippen molar-refractivity contribution in [1.82, 2.24) is 20.6 Å². The Morgan fingerprint density at radius 2 is 2.04 bits per heavy atom. The number of nitrogens with zero attached hydrogens (tertiary/aromatic N) is 3.